The third-order valence-electron chi connectivity index (χ3n) is 2.06. The van der Waals surface area contributed by atoms with E-state index in [1.165, 1.54) is 0 Å². The summed E-state index contributed by atoms with van der Waals surface area (Å²) in [6.07, 6.45) is 1.99. The molecule has 0 bridgehead atoms. The maximum absolute atomic E-state index is 11.2. The van der Waals surface area contributed by atoms with Gasteiger partial charge >= 0.3 is 5.69 Å². The molecule has 1 aromatic heterocycles. The number of rotatable bonds is 7. The molecule has 0 aliphatic carbocycles. The summed E-state index contributed by atoms with van der Waals surface area (Å²) >= 11 is 0. The van der Waals surface area contributed by atoms with Crippen LogP contribution >= 0.6 is 0 Å². The molecular formula is C9H13N4O4-. The van der Waals surface area contributed by atoms with Crippen molar-refractivity contribution in [2.75, 3.05) is 11.9 Å². The number of aliphatic carboxylic acids is 1. The number of nitrogens with one attached hydrogen (secondary N) is 3. The minimum absolute atomic E-state index is 0.0392. The van der Waals surface area contributed by atoms with Crippen LogP contribution in [-0.2, 0) is 4.79 Å². The molecule has 1 heterocycles. The van der Waals surface area contributed by atoms with Crippen LogP contribution in [0.4, 0.5) is 5.82 Å². The number of carboxylic acid groups (broad SMARTS) is 1. The van der Waals surface area contributed by atoms with Gasteiger partial charge in [-0.25, -0.2) is 9.89 Å². The van der Waals surface area contributed by atoms with E-state index >= 15 is 0 Å². The lowest BCUT2D eigenvalue weighted by atomic mass is 10.2. The molecule has 0 fully saturated rings. The zero-order valence-corrected chi connectivity index (χ0v) is 9.12. The molecule has 0 saturated heterocycles. The average molecular weight is 241 g/mol. The van der Waals surface area contributed by atoms with Crippen LogP contribution in [-0.4, -0.2) is 27.7 Å². The highest BCUT2D eigenvalue weighted by molar-refractivity contribution is 5.64. The van der Waals surface area contributed by atoms with E-state index in [1.54, 1.807) is 0 Å². The van der Waals surface area contributed by atoms with Crippen LogP contribution in [0.25, 0.3) is 0 Å². The molecule has 0 unspecified atom stereocenters. The number of unbranched alkanes of at least 4 members (excludes halogenated alkanes) is 2. The van der Waals surface area contributed by atoms with Crippen molar-refractivity contribution in [3.05, 3.63) is 20.8 Å². The van der Waals surface area contributed by atoms with Gasteiger partial charge in [0.2, 0.25) is 5.82 Å². The maximum atomic E-state index is 11.2. The summed E-state index contributed by atoms with van der Waals surface area (Å²) in [5.74, 6) is -1.01. The van der Waals surface area contributed by atoms with Gasteiger partial charge in [0, 0.05) is 12.5 Å². The topological polar surface area (TPSA) is 131 Å². The van der Waals surface area contributed by atoms with E-state index in [0.29, 0.717) is 25.8 Å². The molecule has 0 radical (unpaired) electrons. The van der Waals surface area contributed by atoms with E-state index < -0.39 is 17.2 Å². The maximum Gasteiger partial charge on any atom is 0.342 e. The number of hydrogen-bond acceptors (Lipinski definition) is 6. The molecule has 0 atom stereocenters. The predicted octanol–water partition coefficient (Wildman–Crippen LogP) is -1.82. The Morgan fingerprint density at radius 1 is 1.29 bits per heavy atom. The first-order valence-electron chi connectivity index (χ1n) is 5.22. The standard InChI is InChI=1S/C9H14N4O4/c14-6(15)4-2-1-3-5-10-7-8(16)11-9(17)13-12-7/h1-5H2,(H,10,12)(H,14,15)(H2,11,13,16,17)/p-1. The van der Waals surface area contributed by atoms with E-state index in [4.69, 9.17) is 0 Å². The third-order valence-corrected chi connectivity index (χ3v) is 2.06. The molecule has 3 N–H and O–H groups in total. The van der Waals surface area contributed by atoms with Gasteiger partial charge in [-0.2, -0.15) is 0 Å². The Kier molecular flexibility index (Phi) is 4.92. The van der Waals surface area contributed by atoms with Crippen LogP contribution in [0.2, 0.25) is 0 Å². The van der Waals surface area contributed by atoms with Crippen molar-refractivity contribution in [3.63, 3.8) is 0 Å². The first-order valence-corrected chi connectivity index (χ1v) is 5.22. The number of aromatic nitrogens is 3. The summed E-state index contributed by atoms with van der Waals surface area (Å²) in [4.78, 5) is 34.0. The van der Waals surface area contributed by atoms with Crippen LogP contribution in [0.1, 0.15) is 25.7 Å². The van der Waals surface area contributed by atoms with Gasteiger partial charge in [-0.1, -0.05) is 6.42 Å². The van der Waals surface area contributed by atoms with Crippen molar-refractivity contribution < 1.29 is 9.90 Å². The molecular weight excluding hydrogens is 228 g/mol. The normalized spacial score (nSPS) is 10.1. The monoisotopic (exact) mass is 241 g/mol. The number of hydrogen-bond donors (Lipinski definition) is 3. The highest BCUT2D eigenvalue weighted by Crippen LogP contribution is 1.99. The molecule has 0 aliphatic rings. The molecule has 17 heavy (non-hydrogen) atoms. The molecule has 0 amide bonds. The largest absolute Gasteiger partial charge is 0.550 e. The number of carboxylic acids is 1. The van der Waals surface area contributed by atoms with Crippen molar-refractivity contribution in [1.29, 1.82) is 0 Å². The molecule has 94 valence electrons. The fourth-order valence-corrected chi connectivity index (χ4v) is 1.25. The zero-order valence-electron chi connectivity index (χ0n) is 9.12. The number of nitrogens with zero attached hydrogens (tertiary/aromatic N) is 1. The number of carbonyl (C=O) groups excluding carboxylic acids is 1. The van der Waals surface area contributed by atoms with Crippen molar-refractivity contribution in [2.24, 2.45) is 0 Å². The second kappa shape index (κ2) is 6.46. The smallest absolute Gasteiger partial charge is 0.342 e. The summed E-state index contributed by atoms with van der Waals surface area (Å²) in [6.45, 7) is 0.481. The second-order valence-electron chi connectivity index (χ2n) is 3.46. The first-order chi connectivity index (χ1) is 8.09. The first kappa shape index (κ1) is 12.9. The minimum Gasteiger partial charge on any atom is -0.550 e. The molecule has 0 saturated carbocycles. The molecule has 0 aromatic carbocycles. The van der Waals surface area contributed by atoms with E-state index in [1.807, 2.05) is 4.98 Å². The Labute approximate surface area is 96.1 Å². The lowest BCUT2D eigenvalue weighted by molar-refractivity contribution is -0.305. The van der Waals surface area contributed by atoms with Crippen LogP contribution < -0.4 is 21.7 Å². The molecule has 0 spiro atoms. The summed E-state index contributed by atoms with van der Waals surface area (Å²) in [6, 6.07) is 0. The predicted molar refractivity (Wildman–Crippen MR) is 57.4 cm³/mol. The van der Waals surface area contributed by atoms with E-state index in [0.717, 1.165) is 0 Å². The van der Waals surface area contributed by atoms with E-state index in [2.05, 4.69) is 15.5 Å². The van der Waals surface area contributed by atoms with Gasteiger partial charge in [-0.3, -0.25) is 9.78 Å². The number of aromatic amines is 2. The van der Waals surface area contributed by atoms with Crippen LogP contribution in [0.5, 0.6) is 0 Å². The average Bonchev–Trinajstić information content (AvgIpc) is 2.25. The molecule has 8 nitrogen and oxygen atoms in total. The Hall–Kier alpha value is -2.12. The molecule has 0 aliphatic heterocycles. The van der Waals surface area contributed by atoms with Gasteiger partial charge in [-0.15, -0.1) is 5.10 Å². The lowest BCUT2D eigenvalue weighted by Gasteiger charge is -2.04. The number of carbonyl (C=O) groups is 1. The lowest BCUT2D eigenvalue weighted by Crippen LogP contribution is -2.27. The fraction of sp³-hybridized carbons (Fsp3) is 0.556. The van der Waals surface area contributed by atoms with E-state index in [9.17, 15) is 19.5 Å². The van der Waals surface area contributed by atoms with Crippen molar-refractivity contribution >= 4 is 11.8 Å². The summed E-state index contributed by atoms with van der Waals surface area (Å²) in [5, 5.41) is 18.5. The summed E-state index contributed by atoms with van der Waals surface area (Å²) in [7, 11) is 0. The Morgan fingerprint density at radius 2 is 2.06 bits per heavy atom. The van der Waals surface area contributed by atoms with Gasteiger partial charge in [0.05, 0.1) is 0 Å². The van der Waals surface area contributed by atoms with Crippen LogP contribution in [0, 0.1) is 0 Å². The van der Waals surface area contributed by atoms with Crippen molar-refractivity contribution in [3.8, 4) is 0 Å². The SMILES string of the molecule is O=C([O-])CCCCCNc1n[nH]c(=O)[nH]c1=O. The van der Waals surface area contributed by atoms with Gasteiger partial charge in [0.25, 0.3) is 5.56 Å². The Bertz CT molecular complexity index is 478. The van der Waals surface area contributed by atoms with Gasteiger partial charge in [-0.05, 0) is 19.3 Å². The summed E-state index contributed by atoms with van der Waals surface area (Å²) in [5.41, 5.74) is -1.24. The van der Waals surface area contributed by atoms with Crippen molar-refractivity contribution in [2.45, 2.75) is 25.7 Å². The highest BCUT2D eigenvalue weighted by Gasteiger charge is 2.00. The Balaban J connectivity index is 2.25. The second-order valence-corrected chi connectivity index (χ2v) is 3.46. The van der Waals surface area contributed by atoms with Crippen LogP contribution in [0.3, 0.4) is 0 Å². The number of anilines is 1. The third kappa shape index (κ3) is 4.96. The van der Waals surface area contributed by atoms with Crippen LogP contribution in [0.15, 0.2) is 9.59 Å². The Morgan fingerprint density at radius 3 is 2.71 bits per heavy atom. The summed E-state index contributed by atoms with van der Waals surface area (Å²) < 4.78 is 0. The van der Waals surface area contributed by atoms with Crippen molar-refractivity contribution in [1.82, 2.24) is 15.2 Å². The van der Waals surface area contributed by atoms with Gasteiger partial charge in [0.15, 0.2) is 0 Å². The van der Waals surface area contributed by atoms with E-state index in [-0.39, 0.29) is 12.2 Å². The van der Waals surface area contributed by atoms with Gasteiger partial charge < -0.3 is 15.2 Å². The zero-order chi connectivity index (χ0) is 12.7. The molecule has 1 rings (SSSR count). The highest BCUT2D eigenvalue weighted by atomic mass is 16.4. The van der Waals surface area contributed by atoms with Gasteiger partial charge in [0.1, 0.15) is 0 Å². The number of H-pyrrole nitrogens is 2. The molecule has 8 heteroatoms. The minimum atomic E-state index is -1.06. The molecule has 1 aromatic rings. The quantitative estimate of drug-likeness (QED) is 0.482. The fourth-order valence-electron chi connectivity index (χ4n) is 1.25.